The third-order valence-electron chi connectivity index (χ3n) is 4.32. The fraction of sp³-hybridized carbons (Fsp3) is 0.200. The molecule has 0 aliphatic heterocycles. The SMILES string of the molecule is NC(=O)c1c(CCc2ccc(OC(F)F)c(O)c2)n[nH]c1Cc1cccc(Cl)c1. The Kier molecular flexibility index (Phi) is 6.33. The number of phenols is 1. The molecule has 0 radical (unpaired) electrons. The zero-order valence-corrected chi connectivity index (χ0v) is 15.9. The molecular formula is C20H18ClF2N3O3. The summed E-state index contributed by atoms with van der Waals surface area (Å²) in [6, 6.07) is 11.4. The summed E-state index contributed by atoms with van der Waals surface area (Å²) in [7, 11) is 0. The number of aromatic amines is 1. The van der Waals surface area contributed by atoms with Gasteiger partial charge in [0.25, 0.3) is 5.91 Å². The van der Waals surface area contributed by atoms with Gasteiger partial charge >= 0.3 is 6.61 Å². The number of nitrogens with two attached hydrogens (primary N) is 1. The zero-order chi connectivity index (χ0) is 21.0. The number of aromatic hydroxyl groups is 1. The molecule has 1 amide bonds. The molecule has 0 atom stereocenters. The van der Waals surface area contributed by atoms with Gasteiger partial charge in [-0.25, -0.2) is 0 Å². The lowest BCUT2D eigenvalue weighted by atomic mass is 10.0. The van der Waals surface area contributed by atoms with Crippen LogP contribution in [-0.4, -0.2) is 27.8 Å². The number of primary amides is 1. The number of rotatable bonds is 8. The molecule has 9 heteroatoms. The average molecular weight is 422 g/mol. The molecule has 0 aliphatic rings. The molecule has 0 saturated heterocycles. The van der Waals surface area contributed by atoms with E-state index in [0.717, 1.165) is 5.56 Å². The maximum absolute atomic E-state index is 12.3. The minimum absolute atomic E-state index is 0.301. The van der Waals surface area contributed by atoms with Crippen molar-refractivity contribution < 1.29 is 23.4 Å². The molecule has 0 unspecified atom stereocenters. The number of ether oxygens (including phenoxy) is 1. The maximum Gasteiger partial charge on any atom is 0.387 e. The van der Waals surface area contributed by atoms with Crippen LogP contribution >= 0.6 is 11.6 Å². The van der Waals surface area contributed by atoms with Crippen molar-refractivity contribution in [3.05, 3.63) is 75.6 Å². The molecule has 2 aromatic carbocycles. The van der Waals surface area contributed by atoms with Crippen molar-refractivity contribution in [2.75, 3.05) is 0 Å². The number of benzene rings is 2. The summed E-state index contributed by atoms with van der Waals surface area (Å²) in [4.78, 5) is 12.0. The van der Waals surface area contributed by atoms with Crippen LogP contribution in [0.4, 0.5) is 8.78 Å². The van der Waals surface area contributed by atoms with Gasteiger partial charge in [0.15, 0.2) is 11.5 Å². The number of hydrogen-bond donors (Lipinski definition) is 3. The van der Waals surface area contributed by atoms with Crippen LogP contribution in [0.1, 0.15) is 32.9 Å². The summed E-state index contributed by atoms with van der Waals surface area (Å²) in [5.74, 6) is -1.29. The Morgan fingerprint density at radius 3 is 2.66 bits per heavy atom. The zero-order valence-electron chi connectivity index (χ0n) is 15.2. The molecule has 3 aromatic rings. The molecule has 0 bridgehead atoms. The Morgan fingerprint density at radius 1 is 1.21 bits per heavy atom. The molecule has 0 aliphatic carbocycles. The highest BCUT2D eigenvalue weighted by Gasteiger charge is 2.19. The summed E-state index contributed by atoms with van der Waals surface area (Å²) in [6.45, 7) is -3.02. The average Bonchev–Trinajstić information content (AvgIpc) is 3.04. The van der Waals surface area contributed by atoms with E-state index in [0.29, 0.717) is 46.8 Å². The number of nitrogens with zero attached hydrogens (tertiary/aromatic N) is 1. The summed E-state index contributed by atoms with van der Waals surface area (Å²) in [5.41, 5.74) is 8.50. The van der Waals surface area contributed by atoms with Gasteiger partial charge in [-0.05, 0) is 48.2 Å². The van der Waals surface area contributed by atoms with Crippen molar-refractivity contribution in [1.82, 2.24) is 10.2 Å². The highest BCUT2D eigenvalue weighted by molar-refractivity contribution is 6.30. The van der Waals surface area contributed by atoms with Gasteiger partial charge in [-0.15, -0.1) is 0 Å². The number of aromatic nitrogens is 2. The van der Waals surface area contributed by atoms with Crippen LogP contribution in [0.15, 0.2) is 42.5 Å². The second-order valence-corrected chi connectivity index (χ2v) is 6.81. The second-order valence-electron chi connectivity index (χ2n) is 6.38. The number of amides is 1. The van der Waals surface area contributed by atoms with E-state index in [9.17, 15) is 18.7 Å². The molecular weight excluding hydrogens is 404 g/mol. The Hall–Kier alpha value is -3.13. The van der Waals surface area contributed by atoms with Crippen LogP contribution in [0, 0.1) is 0 Å². The Balaban J connectivity index is 1.75. The minimum Gasteiger partial charge on any atom is -0.504 e. The molecule has 0 fully saturated rings. The molecule has 29 heavy (non-hydrogen) atoms. The summed E-state index contributed by atoms with van der Waals surface area (Å²) >= 11 is 6.00. The predicted octanol–water partition coefficient (Wildman–Crippen LogP) is 3.85. The van der Waals surface area contributed by atoms with E-state index in [-0.39, 0.29) is 11.5 Å². The fourth-order valence-electron chi connectivity index (χ4n) is 3.05. The number of alkyl halides is 2. The number of aryl methyl sites for hydroxylation is 2. The normalized spacial score (nSPS) is 11.0. The number of carbonyl (C=O) groups excluding carboxylic acids is 1. The Labute approximate surface area is 170 Å². The first kappa shape index (κ1) is 20.6. The number of phenolic OH excluding ortho intramolecular Hbond substituents is 1. The van der Waals surface area contributed by atoms with Gasteiger partial charge in [0.2, 0.25) is 0 Å². The van der Waals surface area contributed by atoms with Gasteiger partial charge in [0.1, 0.15) is 0 Å². The summed E-state index contributed by atoms with van der Waals surface area (Å²) < 4.78 is 28.8. The van der Waals surface area contributed by atoms with Crippen molar-refractivity contribution >= 4 is 17.5 Å². The first-order valence-corrected chi connectivity index (χ1v) is 9.08. The van der Waals surface area contributed by atoms with Crippen LogP contribution in [-0.2, 0) is 19.3 Å². The largest absolute Gasteiger partial charge is 0.504 e. The number of hydrogen-bond acceptors (Lipinski definition) is 4. The number of halogens is 3. The van der Waals surface area contributed by atoms with E-state index < -0.39 is 12.5 Å². The van der Waals surface area contributed by atoms with Crippen LogP contribution < -0.4 is 10.5 Å². The lowest BCUT2D eigenvalue weighted by molar-refractivity contribution is -0.0512. The Morgan fingerprint density at radius 2 is 2.00 bits per heavy atom. The smallest absolute Gasteiger partial charge is 0.387 e. The van der Waals surface area contributed by atoms with Gasteiger partial charge in [0.05, 0.1) is 17.0 Å². The van der Waals surface area contributed by atoms with E-state index in [1.165, 1.54) is 12.1 Å². The highest BCUT2D eigenvalue weighted by atomic mass is 35.5. The first-order chi connectivity index (χ1) is 13.8. The minimum atomic E-state index is -3.02. The number of carbonyl (C=O) groups is 1. The quantitative estimate of drug-likeness (QED) is 0.514. The van der Waals surface area contributed by atoms with Crippen LogP contribution in [0.2, 0.25) is 5.02 Å². The molecule has 1 aromatic heterocycles. The van der Waals surface area contributed by atoms with E-state index in [1.54, 1.807) is 18.2 Å². The standard InChI is InChI=1S/C20H18ClF2N3O3/c21-13-3-1-2-12(8-13)9-15-18(19(24)28)14(25-26-15)6-4-11-5-7-17(16(27)10-11)29-20(22)23/h1-3,5,7-8,10,20,27H,4,6,9H2,(H2,24,28)(H,25,26). The van der Waals surface area contributed by atoms with E-state index in [4.69, 9.17) is 17.3 Å². The Bertz CT molecular complexity index is 1020. The third kappa shape index (κ3) is 5.23. The second kappa shape index (κ2) is 8.91. The van der Waals surface area contributed by atoms with Gasteiger partial charge in [-0.2, -0.15) is 13.9 Å². The van der Waals surface area contributed by atoms with Crippen molar-refractivity contribution in [2.24, 2.45) is 5.73 Å². The van der Waals surface area contributed by atoms with Crippen LogP contribution in [0.5, 0.6) is 11.5 Å². The molecule has 152 valence electrons. The van der Waals surface area contributed by atoms with E-state index >= 15 is 0 Å². The molecule has 3 rings (SSSR count). The van der Waals surface area contributed by atoms with Crippen molar-refractivity contribution in [3.8, 4) is 11.5 Å². The van der Waals surface area contributed by atoms with Crippen molar-refractivity contribution in [1.29, 1.82) is 0 Å². The van der Waals surface area contributed by atoms with E-state index in [1.807, 2.05) is 12.1 Å². The van der Waals surface area contributed by atoms with Crippen LogP contribution in [0.25, 0.3) is 0 Å². The first-order valence-electron chi connectivity index (χ1n) is 8.70. The van der Waals surface area contributed by atoms with Gasteiger partial charge in [-0.1, -0.05) is 29.8 Å². The molecule has 1 heterocycles. The lowest BCUT2D eigenvalue weighted by Gasteiger charge is -2.08. The van der Waals surface area contributed by atoms with Crippen LogP contribution in [0.3, 0.4) is 0 Å². The third-order valence-corrected chi connectivity index (χ3v) is 4.56. The fourth-order valence-corrected chi connectivity index (χ4v) is 3.26. The molecule has 0 spiro atoms. The predicted molar refractivity (Wildman–Crippen MR) is 104 cm³/mol. The maximum atomic E-state index is 12.3. The summed E-state index contributed by atoms with van der Waals surface area (Å²) in [5, 5.41) is 17.5. The van der Waals surface area contributed by atoms with Crippen molar-refractivity contribution in [2.45, 2.75) is 25.9 Å². The topological polar surface area (TPSA) is 101 Å². The highest BCUT2D eigenvalue weighted by Crippen LogP contribution is 2.29. The number of H-pyrrole nitrogens is 1. The van der Waals surface area contributed by atoms with Crippen molar-refractivity contribution in [3.63, 3.8) is 0 Å². The lowest BCUT2D eigenvalue weighted by Crippen LogP contribution is -2.15. The van der Waals surface area contributed by atoms with Gasteiger partial charge in [-0.3, -0.25) is 9.89 Å². The van der Waals surface area contributed by atoms with E-state index in [2.05, 4.69) is 14.9 Å². The van der Waals surface area contributed by atoms with Gasteiger partial charge in [0, 0.05) is 11.4 Å². The molecule has 4 N–H and O–H groups in total. The molecule has 6 nitrogen and oxygen atoms in total. The molecule has 0 saturated carbocycles. The summed E-state index contributed by atoms with van der Waals surface area (Å²) in [6.07, 6.45) is 1.18. The van der Waals surface area contributed by atoms with Gasteiger partial charge < -0.3 is 15.6 Å². The monoisotopic (exact) mass is 421 g/mol. The number of nitrogens with one attached hydrogen (secondary N) is 1.